The van der Waals surface area contributed by atoms with E-state index in [2.05, 4.69) is 25.3 Å². The molecule has 4 rings (SSSR count). The smallest absolute Gasteiger partial charge is 0.226 e. The zero-order valence-electron chi connectivity index (χ0n) is 16.3. The van der Waals surface area contributed by atoms with E-state index < -0.39 is 31.1 Å². The lowest BCUT2D eigenvalue weighted by Crippen LogP contribution is -2.33. The van der Waals surface area contributed by atoms with Crippen LogP contribution in [0.15, 0.2) is 23.9 Å². The van der Waals surface area contributed by atoms with Gasteiger partial charge < -0.3 is 29.9 Å². The first-order chi connectivity index (χ1) is 14.4. The van der Waals surface area contributed by atoms with E-state index in [1.54, 1.807) is 18.0 Å². The molecule has 5 atom stereocenters. The van der Waals surface area contributed by atoms with Crippen LogP contribution in [0.2, 0.25) is 5.28 Å². The lowest BCUT2D eigenvalue weighted by molar-refractivity contribution is -0.0511. The molecule has 1 aliphatic rings. The predicted octanol–water partition coefficient (Wildman–Crippen LogP) is 0.417. The van der Waals surface area contributed by atoms with Crippen LogP contribution in [0.3, 0.4) is 0 Å². The highest BCUT2D eigenvalue weighted by molar-refractivity contribution is 7.99. The highest BCUT2D eigenvalue weighted by Crippen LogP contribution is 2.33. The highest BCUT2D eigenvalue weighted by atomic mass is 35.5. The summed E-state index contributed by atoms with van der Waals surface area (Å²) in [5.74, 6) is 1.17. The molecule has 0 radical (unpaired) electrons. The Bertz CT molecular complexity index is 1030. The summed E-state index contributed by atoms with van der Waals surface area (Å²) in [5.41, 5.74) is 0.794. The van der Waals surface area contributed by atoms with Crippen molar-refractivity contribution in [2.24, 2.45) is 7.05 Å². The Morgan fingerprint density at radius 1 is 1.30 bits per heavy atom. The Morgan fingerprint density at radius 3 is 2.77 bits per heavy atom. The van der Waals surface area contributed by atoms with E-state index in [1.807, 2.05) is 24.7 Å². The molecule has 3 aromatic heterocycles. The van der Waals surface area contributed by atoms with Gasteiger partial charge in [0.1, 0.15) is 18.3 Å². The second-order valence-electron chi connectivity index (χ2n) is 7.07. The number of nitrogens with one attached hydrogen (secondary N) is 1. The van der Waals surface area contributed by atoms with Crippen LogP contribution >= 0.6 is 23.4 Å². The molecule has 0 bridgehead atoms. The summed E-state index contributed by atoms with van der Waals surface area (Å²) in [6.45, 7) is 1.58. The summed E-state index contributed by atoms with van der Waals surface area (Å²) in [6.07, 6.45) is 0.734. The van der Waals surface area contributed by atoms with Gasteiger partial charge in [-0.15, -0.1) is 0 Å². The van der Waals surface area contributed by atoms with E-state index in [0.29, 0.717) is 17.0 Å². The number of aromatic nitrogens is 6. The highest BCUT2D eigenvalue weighted by Gasteiger charge is 2.44. The molecule has 0 spiro atoms. The number of hydrogen-bond acceptors (Lipinski definition) is 10. The van der Waals surface area contributed by atoms with Crippen molar-refractivity contribution in [1.82, 2.24) is 29.1 Å². The lowest BCUT2D eigenvalue weighted by Gasteiger charge is -2.17. The maximum Gasteiger partial charge on any atom is 0.226 e. The van der Waals surface area contributed by atoms with Gasteiger partial charge in [0.05, 0.1) is 12.9 Å². The standard InChI is InChI=1S/C17H22ClN7O4S/c1-8(6-30-17-19-3-4-24(17)2)21-13-10-14(23-16(18)22-13)25(7-20-10)15-12(28)11(27)9(5-26)29-15/h3-4,7-9,11-12,15,26-28H,5-6H2,1-2H3,(H,21,22,23)/t8-,9-,11-,12-,15-/m1/s1. The van der Waals surface area contributed by atoms with Gasteiger partial charge in [-0.3, -0.25) is 4.57 Å². The van der Waals surface area contributed by atoms with E-state index >= 15 is 0 Å². The van der Waals surface area contributed by atoms with Crippen molar-refractivity contribution in [3.05, 3.63) is 24.0 Å². The van der Waals surface area contributed by atoms with Crippen molar-refractivity contribution in [2.75, 3.05) is 17.7 Å². The molecular formula is C17H22ClN7O4S. The topological polar surface area (TPSA) is 143 Å². The minimum absolute atomic E-state index is 0.00227. The fourth-order valence-corrected chi connectivity index (χ4v) is 4.30. The summed E-state index contributed by atoms with van der Waals surface area (Å²) in [6, 6.07) is 0.0138. The molecule has 0 amide bonds. The SMILES string of the molecule is C[C@H](CSc1nccn1C)Nc1nc(Cl)nc2c1ncn2[C@@H]1O[C@H](CO)[C@@H](O)[C@H]1O. The van der Waals surface area contributed by atoms with Crippen LogP contribution in [0.25, 0.3) is 11.2 Å². The zero-order chi connectivity index (χ0) is 21.4. The molecule has 1 fully saturated rings. The normalized spacial score (nSPS) is 25.1. The first-order valence-corrected chi connectivity index (χ1v) is 10.6. The lowest BCUT2D eigenvalue weighted by atomic mass is 10.1. The van der Waals surface area contributed by atoms with Crippen LogP contribution in [-0.2, 0) is 11.8 Å². The summed E-state index contributed by atoms with van der Waals surface area (Å²) >= 11 is 7.73. The zero-order valence-corrected chi connectivity index (χ0v) is 17.8. The first-order valence-electron chi connectivity index (χ1n) is 9.28. The number of imidazole rings is 2. The summed E-state index contributed by atoms with van der Waals surface area (Å²) < 4.78 is 9.00. The van der Waals surface area contributed by atoms with Gasteiger partial charge in [0.2, 0.25) is 5.28 Å². The van der Waals surface area contributed by atoms with Gasteiger partial charge in [-0.2, -0.15) is 9.97 Å². The van der Waals surface area contributed by atoms with Gasteiger partial charge in [0, 0.05) is 31.2 Å². The Morgan fingerprint density at radius 2 is 2.10 bits per heavy atom. The van der Waals surface area contributed by atoms with Crippen molar-refractivity contribution in [2.45, 2.75) is 42.7 Å². The molecular weight excluding hydrogens is 434 g/mol. The maximum atomic E-state index is 10.3. The van der Waals surface area contributed by atoms with Gasteiger partial charge in [0.25, 0.3) is 0 Å². The average molecular weight is 456 g/mol. The molecule has 30 heavy (non-hydrogen) atoms. The van der Waals surface area contributed by atoms with E-state index in [4.69, 9.17) is 16.3 Å². The molecule has 162 valence electrons. The summed E-state index contributed by atoms with van der Waals surface area (Å²) in [7, 11) is 1.94. The molecule has 1 aliphatic heterocycles. The molecule has 0 aliphatic carbocycles. The van der Waals surface area contributed by atoms with Gasteiger partial charge in [-0.05, 0) is 18.5 Å². The third kappa shape index (κ3) is 3.98. The third-order valence-corrected chi connectivity index (χ3v) is 6.30. The van der Waals surface area contributed by atoms with E-state index in [0.717, 1.165) is 10.9 Å². The van der Waals surface area contributed by atoms with Crippen molar-refractivity contribution >= 4 is 40.3 Å². The molecule has 3 aromatic rings. The minimum Gasteiger partial charge on any atom is -0.394 e. The van der Waals surface area contributed by atoms with Gasteiger partial charge >= 0.3 is 0 Å². The largest absolute Gasteiger partial charge is 0.394 e. The van der Waals surface area contributed by atoms with Crippen LogP contribution in [0.4, 0.5) is 5.82 Å². The van der Waals surface area contributed by atoms with E-state index in [1.165, 1.54) is 10.9 Å². The van der Waals surface area contributed by atoms with Gasteiger partial charge in [-0.1, -0.05) is 11.8 Å². The Labute approximate surface area is 181 Å². The van der Waals surface area contributed by atoms with E-state index in [-0.39, 0.29) is 11.3 Å². The Kier molecular flexibility index (Phi) is 6.14. The van der Waals surface area contributed by atoms with Crippen molar-refractivity contribution in [3.8, 4) is 0 Å². The van der Waals surface area contributed by atoms with Crippen LogP contribution in [0, 0.1) is 0 Å². The molecule has 4 heterocycles. The number of ether oxygens (including phenoxy) is 1. The van der Waals surface area contributed by atoms with Crippen LogP contribution in [0.5, 0.6) is 0 Å². The third-order valence-electron chi connectivity index (χ3n) is 4.81. The first kappa shape index (κ1) is 21.3. The monoisotopic (exact) mass is 455 g/mol. The second kappa shape index (κ2) is 8.65. The molecule has 0 saturated carbocycles. The molecule has 11 nitrogen and oxygen atoms in total. The van der Waals surface area contributed by atoms with Crippen LogP contribution in [-0.4, -0.2) is 81.1 Å². The number of aliphatic hydroxyl groups excluding tert-OH is 3. The van der Waals surface area contributed by atoms with Crippen molar-refractivity contribution in [3.63, 3.8) is 0 Å². The molecule has 0 aromatic carbocycles. The number of hydrogen-bond donors (Lipinski definition) is 4. The number of halogens is 1. The molecule has 13 heteroatoms. The molecule has 0 unspecified atom stereocenters. The van der Waals surface area contributed by atoms with Crippen LogP contribution in [0.1, 0.15) is 13.2 Å². The second-order valence-corrected chi connectivity index (χ2v) is 8.40. The Hall–Kier alpha value is -1.96. The number of fused-ring (bicyclic) bond motifs is 1. The minimum atomic E-state index is -1.25. The van der Waals surface area contributed by atoms with Gasteiger partial charge in [-0.25, -0.2) is 9.97 Å². The molecule has 1 saturated heterocycles. The van der Waals surface area contributed by atoms with Gasteiger partial charge in [0.15, 0.2) is 28.4 Å². The van der Waals surface area contributed by atoms with Crippen LogP contribution < -0.4 is 5.32 Å². The molecule has 4 N–H and O–H groups in total. The number of thioether (sulfide) groups is 1. The fourth-order valence-electron chi connectivity index (χ4n) is 3.25. The number of aliphatic hydroxyl groups is 3. The number of aryl methyl sites for hydroxylation is 1. The average Bonchev–Trinajstić information content (AvgIpc) is 3.39. The predicted molar refractivity (Wildman–Crippen MR) is 110 cm³/mol. The maximum absolute atomic E-state index is 10.3. The van der Waals surface area contributed by atoms with E-state index in [9.17, 15) is 15.3 Å². The number of rotatable bonds is 7. The summed E-state index contributed by atoms with van der Waals surface area (Å²) in [4.78, 5) is 17.1. The Balaban J connectivity index is 1.56. The fraction of sp³-hybridized carbons (Fsp3) is 0.529. The quantitative estimate of drug-likeness (QED) is 0.292. The van der Waals surface area contributed by atoms with Crippen molar-refractivity contribution in [1.29, 1.82) is 0 Å². The summed E-state index contributed by atoms with van der Waals surface area (Å²) in [5, 5.41) is 33.9. The van der Waals surface area contributed by atoms with Crippen molar-refractivity contribution < 1.29 is 20.1 Å². The number of anilines is 1. The number of nitrogens with zero attached hydrogens (tertiary/aromatic N) is 6.